The topological polar surface area (TPSA) is 96.1 Å². The molecule has 5 N–H and O–H groups in total. The van der Waals surface area contributed by atoms with E-state index < -0.39 is 0 Å². The minimum atomic E-state index is -0.284. The lowest BCUT2D eigenvalue weighted by Crippen LogP contribution is -2.46. The number of hydrogen-bond donors (Lipinski definition) is 4. The van der Waals surface area contributed by atoms with E-state index in [0.717, 1.165) is 42.9 Å². The van der Waals surface area contributed by atoms with Gasteiger partial charge in [0.2, 0.25) is 0 Å². The second-order valence-corrected chi connectivity index (χ2v) is 6.22. The van der Waals surface area contributed by atoms with Gasteiger partial charge in [0, 0.05) is 12.0 Å². The number of nitrogens with one attached hydrogen (secondary N) is 2. The third-order valence-electron chi connectivity index (χ3n) is 4.42. The zero-order chi connectivity index (χ0) is 15.5. The molecule has 0 aliphatic heterocycles. The third kappa shape index (κ3) is 3.44. The van der Waals surface area contributed by atoms with E-state index in [0.29, 0.717) is 11.7 Å². The monoisotopic (exact) mass is 293 g/mol. The normalized spacial score (nSPS) is 25.7. The summed E-state index contributed by atoms with van der Waals surface area (Å²) in [4.78, 5) is 8.96. The predicted octanol–water partition coefficient (Wildman–Crippen LogP) is 1.99. The number of aryl methyl sites for hydroxylation is 1. The van der Waals surface area contributed by atoms with Crippen molar-refractivity contribution in [1.29, 1.82) is 0 Å². The lowest BCUT2D eigenvalue weighted by atomic mass is 9.77. The van der Waals surface area contributed by atoms with Crippen molar-refractivity contribution in [3.05, 3.63) is 11.4 Å². The van der Waals surface area contributed by atoms with Crippen molar-refractivity contribution in [1.82, 2.24) is 9.97 Å². The van der Waals surface area contributed by atoms with Crippen LogP contribution in [0.5, 0.6) is 0 Å². The minimum Gasteiger partial charge on any atom is -0.394 e. The number of aliphatic hydroxyl groups excluding tert-OH is 1. The van der Waals surface area contributed by atoms with Gasteiger partial charge in [0.05, 0.1) is 12.1 Å². The number of nitrogens with zero attached hydrogens (tertiary/aromatic N) is 2. The van der Waals surface area contributed by atoms with Gasteiger partial charge in [-0.3, -0.25) is 0 Å². The average molecular weight is 293 g/mol. The van der Waals surface area contributed by atoms with Crippen LogP contribution < -0.4 is 16.6 Å². The van der Waals surface area contributed by atoms with Crippen LogP contribution in [-0.2, 0) is 6.42 Å². The van der Waals surface area contributed by atoms with Gasteiger partial charge in [-0.1, -0.05) is 26.7 Å². The maximum Gasteiger partial charge on any atom is 0.148 e. The lowest BCUT2D eigenvalue weighted by molar-refractivity contribution is 0.149. The van der Waals surface area contributed by atoms with Crippen LogP contribution in [0.4, 0.5) is 11.6 Å². The molecule has 0 radical (unpaired) electrons. The van der Waals surface area contributed by atoms with Gasteiger partial charge in [0.25, 0.3) is 0 Å². The molecule has 21 heavy (non-hydrogen) atoms. The van der Waals surface area contributed by atoms with Crippen LogP contribution >= 0.6 is 0 Å². The predicted molar refractivity (Wildman–Crippen MR) is 85.0 cm³/mol. The van der Waals surface area contributed by atoms with E-state index in [1.165, 1.54) is 6.42 Å². The quantitative estimate of drug-likeness (QED) is 0.490. The molecule has 6 heteroatoms. The summed E-state index contributed by atoms with van der Waals surface area (Å²) in [7, 11) is 0. The van der Waals surface area contributed by atoms with Crippen molar-refractivity contribution in [2.45, 2.75) is 58.4 Å². The molecule has 1 aliphatic rings. The van der Waals surface area contributed by atoms with E-state index in [4.69, 9.17) is 5.84 Å². The van der Waals surface area contributed by atoms with Crippen LogP contribution in [0.2, 0.25) is 0 Å². The molecule has 6 nitrogen and oxygen atoms in total. The summed E-state index contributed by atoms with van der Waals surface area (Å²) >= 11 is 0. The molecule has 2 unspecified atom stereocenters. The summed E-state index contributed by atoms with van der Waals surface area (Å²) < 4.78 is 0. The Morgan fingerprint density at radius 1 is 1.38 bits per heavy atom. The maximum atomic E-state index is 9.92. The third-order valence-corrected chi connectivity index (χ3v) is 4.42. The largest absolute Gasteiger partial charge is 0.394 e. The average Bonchev–Trinajstić information content (AvgIpc) is 2.49. The van der Waals surface area contributed by atoms with Crippen LogP contribution in [0.1, 0.15) is 50.9 Å². The molecule has 0 amide bonds. The number of aromatic nitrogens is 2. The second kappa shape index (κ2) is 6.58. The van der Waals surface area contributed by atoms with Crippen molar-refractivity contribution in [3.8, 4) is 0 Å². The van der Waals surface area contributed by atoms with E-state index in [1.807, 2.05) is 13.8 Å². The van der Waals surface area contributed by atoms with E-state index in [2.05, 4.69) is 27.6 Å². The summed E-state index contributed by atoms with van der Waals surface area (Å²) in [5.74, 6) is 8.32. The summed E-state index contributed by atoms with van der Waals surface area (Å²) in [6, 6.07) is 0. The first-order valence-electron chi connectivity index (χ1n) is 7.76. The first kappa shape index (κ1) is 16.0. The Kier molecular flexibility index (Phi) is 5.00. The molecule has 1 aromatic heterocycles. The van der Waals surface area contributed by atoms with Crippen molar-refractivity contribution < 1.29 is 5.11 Å². The molecular formula is C15H27N5O. The van der Waals surface area contributed by atoms with Crippen molar-refractivity contribution >= 4 is 11.6 Å². The van der Waals surface area contributed by atoms with Crippen molar-refractivity contribution in [2.75, 3.05) is 17.3 Å². The van der Waals surface area contributed by atoms with Gasteiger partial charge < -0.3 is 15.8 Å². The van der Waals surface area contributed by atoms with Gasteiger partial charge in [0.1, 0.15) is 17.5 Å². The van der Waals surface area contributed by atoms with Gasteiger partial charge in [-0.15, -0.1) is 0 Å². The van der Waals surface area contributed by atoms with E-state index >= 15 is 0 Å². The molecule has 0 saturated heterocycles. The van der Waals surface area contributed by atoms with Crippen LogP contribution in [0, 0.1) is 12.8 Å². The number of rotatable bonds is 5. The Hall–Kier alpha value is -1.40. The number of aliphatic hydroxyl groups is 1. The van der Waals surface area contributed by atoms with Crippen molar-refractivity contribution in [2.24, 2.45) is 11.8 Å². The molecule has 1 heterocycles. The van der Waals surface area contributed by atoms with Gasteiger partial charge >= 0.3 is 0 Å². The zero-order valence-corrected chi connectivity index (χ0v) is 13.2. The Morgan fingerprint density at radius 2 is 2.10 bits per heavy atom. The van der Waals surface area contributed by atoms with Crippen LogP contribution in [0.25, 0.3) is 0 Å². The van der Waals surface area contributed by atoms with Gasteiger partial charge in [0.15, 0.2) is 0 Å². The summed E-state index contributed by atoms with van der Waals surface area (Å²) in [6.07, 6.45) is 5.01. The molecule has 1 aliphatic carbocycles. The van der Waals surface area contributed by atoms with Crippen LogP contribution in [-0.4, -0.2) is 27.2 Å². The zero-order valence-electron chi connectivity index (χ0n) is 13.2. The Bertz CT molecular complexity index is 493. The lowest BCUT2D eigenvalue weighted by Gasteiger charge is -2.40. The van der Waals surface area contributed by atoms with Crippen LogP contribution in [0.15, 0.2) is 0 Å². The number of hydrazine groups is 1. The Morgan fingerprint density at radius 3 is 2.67 bits per heavy atom. The highest BCUT2D eigenvalue weighted by Gasteiger charge is 2.35. The highest BCUT2D eigenvalue weighted by atomic mass is 16.3. The first-order valence-corrected chi connectivity index (χ1v) is 7.76. The highest BCUT2D eigenvalue weighted by molar-refractivity contribution is 5.57. The highest BCUT2D eigenvalue weighted by Crippen LogP contribution is 2.35. The standard InChI is InChI=1S/C15H27N5O/c1-4-12-17-13(11(3)14(18-12)20-16)19-15(9-21)7-5-6-10(2)8-15/h10,21H,4-9,16H2,1-3H3,(H2,17,18,19,20). The molecule has 0 spiro atoms. The fourth-order valence-electron chi connectivity index (χ4n) is 3.19. The number of hydrogen-bond acceptors (Lipinski definition) is 6. The number of nitrogen functional groups attached to an aromatic ring is 1. The Labute approximate surface area is 126 Å². The SMILES string of the molecule is CCc1nc(NN)c(C)c(NC2(CO)CCCC(C)C2)n1. The van der Waals surface area contributed by atoms with Crippen molar-refractivity contribution in [3.63, 3.8) is 0 Å². The summed E-state index contributed by atoms with van der Waals surface area (Å²) in [5, 5.41) is 13.4. The molecule has 1 fully saturated rings. The summed E-state index contributed by atoms with van der Waals surface area (Å²) in [6.45, 7) is 6.31. The van der Waals surface area contributed by atoms with E-state index in [1.54, 1.807) is 0 Å². The molecular weight excluding hydrogens is 266 g/mol. The van der Waals surface area contributed by atoms with Gasteiger partial charge in [-0.2, -0.15) is 0 Å². The minimum absolute atomic E-state index is 0.119. The molecule has 0 aromatic carbocycles. The number of nitrogens with two attached hydrogens (primary N) is 1. The fourth-order valence-corrected chi connectivity index (χ4v) is 3.19. The van der Waals surface area contributed by atoms with Crippen LogP contribution in [0.3, 0.4) is 0 Å². The van der Waals surface area contributed by atoms with Gasteiger partial charge in [-0.25, -0.2) is 15.8 Å². The fraction of sp³-hybridized carbons (Fsp3) is 0.733. The molecule has 1 saturated carbocycles. The molecule has 2 atom stereocenters. The van der Waals surface area contributed by atoms with E-state index in [9.17, 15) is 5.11 Å². The molecule has 2 rings (SSSR count). The first-order chi connectivity index (χ1) is 10.0. The Balaban J connectivity index is 2.32. The molecule has 0 bridgehead atoms. The van der Waals surface area contributed by atoms with Gasteiger partial charge in [-0.05, 0) is 25.7 Å². The molecule has 1 aromatic rings. The maximum absolute atomic E-state index is 9.92. The molecule has 118 valence electrons. The number of anilines is 2. The smallest absolute Gasteiger partial charge is 0.148 e. The summed E-state index contributed by atoms with van der Waals surface area (Å²) in [5.41, 5.74) is 3.24. The second-order valence-electron chi connectivity index (χ2n) is 6.22. The van der Waals surface area contributed by atoms with E-state index in [-0.39, 0.29) is 12.1 Å².